The first kappa shape index (κ1) is 84.3. The minimum Gasteiger partial charge on any atom is -0.784 e. The van der Waals surface area contributed by atoms with Crippen LogP contribution >= 0.6 is 0 Å². The Balaban J connectivity index is -0.0000000172. The largest absolute Gasteiger partial charge is 1.00 e. The number of hydrogen-bond donors (Lipinski definition) is 7. The summed E-state index contributed by atoms with van der Waals surface area (Å²) in [7, 11) is -11.7. The van der Waals surface area contributed by atoms with Gasteiger partial charge in [0.05, 0.1) is 6.61 Å². The maximum atomic E-state index is 9.34. The van der Waals surface area contributed by atoms with Crippen LogP contribution in [0.5, 0.6) is 0 Å². The van der Waals surface area contributed by atoms with Crippen LogP contribution in [-0.2, 0) is 67.0 Å². The van der Waals surface area contributed by atoms with E-state index in [1.807, 2.05) is 0 Å². The fraction of sp³-hybridized carbons (Fsp3) is 0.600. The number of carboxylic acid groups (broad SMARTS) is 3. The number of aliphatic carboxylic acids is 1. The number of carbonyl (C=O) groups excluding carboxylic acids is 1. The van der Waals surface area contributed by atoms with Gasteiger partial charge in [-0.3, -0.25) is 26.6 Å². The minimum atomic E-state index is -4.71. The molecule has 0 aliphatic carbocycles. The number of rotatable bonds is 2. The summed E-state index contributed by atoms with van der Waals surface area (Å²) in [4.78, 5) is 17.3. The summed E-state index contributed by atoms with van der Waals surface area (Å²) in [6, 6.07) is 0. The van der Waals surface area contributed by atoms with E-state index < -0.39 is 63.2 Å². The number of aliphatic hydroxyl groups is 1. The minimum absolute atomic E-state index is 0. The van der Waals surface area contributed by atoms with Gasteiger partial charge in [-0.25, -0.2) is 4.21 Å². The summed E-state index contributed by atoms with van der Waals surface area (Å²) in [5, 5.41) is 31.9. The van der Waals surface area contributed by atoms with E-state index in [0.29, 0.717) is 6.54 Å². The van der Waals surface area contributed by atoms with Gasteiger partial charge < -0.3 is 54.0 Å². The van der Waals surface area contributed by atoms with Crippen molar-refractivity contribution >= 4 is 74.4 Å². The molecule has 0 aliphatic rings. The molecule has 0 aromatic heterocycles. The molecular formula is C5H15NNa6O20S6. The van der Waals surface area contributed by atoms with Crippen molar-refractivity contribution in [2.75, 3.05) is 13.2 Å². The number of aliphatic hydroxyl groups excluding tert-OH is 1. The predicted octanol–water partition coefficient (Wildman–Crippen LogP) is -24.7. The Morgan fingerprint density at radius 1 is 0.816 bits per heavy atom. The Hall–Kier alpha value is 5.11. The van der Waals surface area contributed by atoms with Crippen LogP contribution in [0.4, 0.5) is 4.79 Å². The summed E-state index contributed by atoms with van der Waals surface area (Å²) in [5.41, 5.74) is 4.78. The van der Waals surface area contributed by atoms with E-state index in [-0.39, 0.29) is 184 Å². The molecule has 202 valence electrons. The van der Waals surface area contributed by atoms with Crippen LogP contribution in [0.3, 0.4) is 0 Å². The molecule has 0 fully saturated rings. The molecular weight excluding hydrogens is 724 g/mol. The van der Waals surface area contributed by atoms with Crippen molar-refractivity contribution in [1.82, 2.24) is 0 Å². The van der Waals surface area contributed by atoms with Gasteiger partial charge in [0.2, 0.25) is 6.16 Å². The molecule has 21 nitrogen and oxygen atoms in total. The van der Waals surface area contributed by atoms with E-state index in [1.54, 1.807) is 0 Å². The second kappa shape index (κ2) is 61.2. The molecule has 0 amide bonds. The monoisotopic (exact) mass is 739 g/mol. The Morgan fingerprint density at radius 2 is 0.868 bits per heavy atom. The molecule has 0 saturated carbocycles. The first-order valence-corrected chi connectivity index (χ1v) is 13.0. The van der Waals surface area contributed by atoms with Crippen LogP contribution < -0.4 is 193 Å². The molecule has 0 heterocycles. The normalized spacial score (nSPS) is 8.45. The van der Waals surface area contributed by atoms with Crippen LogP contribution in [0.2, 0.25) is 0 Å². The number of carboxylic acids is 1. The summed E-state index contributed by atoms with van der Waals surface area (Å²) >= 11 is -2.76. The van der Waals surface area contributed by atoms with Crippen molar-refractivity contribution in [3.05, 3.63) is 0 Å². The molecule has 8 N–H and O–H groups in total. The van der Waals surface area contributed by atoms with E-state index in [0.717, 1.165) is 6.92 Å². The van der Waals surface area contributed by atoms with Crippen molar-refractivity contribution < 1.29 is 269 Å². The topological polar surface area (TPSA) is 422 Å². The van der Waals surface area contributed by atoms with Crippen LogP contribution in [0.25, 0.3) is 0 Å². The molecule has 38 heavy (non-hydrogen) atoms. The second-order valence-corrected chi connectivity index (χ2v) is 9.19. The maximum absolute atomic E-state index is 9.34. The fourth-order valence-corrected chi connectivity index (χ4v) is 0. The Morgan fingerprint density at radius 3 is 0.868 bits per heavy atom. The summed E-state index contributed by atoms with van der Waals surface area (Å²) in [5.74, 6) is -1.08. The summed E-state index contributed by atoms with van der Waals surface area (Å²) < 4.78 is 118. The van der Waals surface area contributed by atoms with E-state index in [1.165, 1.54) is 0 Å². The Bertz CT molecular complexity index is 663. The molecule has 1 atom stereocenters. The van der Waals surface area contributed by atoms with Crippen molar-refractivity contribution in [3.8, 4) is 0 Å². The number of hydrogen-bond acceptors (Lipinski definition) is 17. The van der Waals surface area contributed by atoms with Gasteiger partial charge in [-0.05, 0) is 6.92 Å². The zero-order valence-corrected chi connectivity index (χ0v) is 37.7. The van der Waals surface area contributed by atoms with E-state index in [2.05, 4.69) is 11.2 Å². The molecule has 0 saturated heterocycles. The van der Waals surface area contributed by atoms with E-state index in [4.69, 9.17) is 84.8 Å². The molecule has 1 unspecified atom stereocenters. The standard InChI is InChI=1S/C2H7NO.C2H4O2.CH2O3.6Na.H2O5S2.H2O3S2.2H2O3S/c3-1-2-4;1-2(3)4;2-1(3)4;;;;;;;1-6(2)7(3,4)5;1-5(2,3)4;2*1-4(2)3/h4H,1-3H2;1H3,(H,3,4);(H2,2,3,4);;;;;;;(H,1,2)(H,3,4,5);(H2,1,2,3,4);2*(H2,1,2,3)/q;;;6*+1;;;;/p-6. The Kier molecular flexibility index (Phi) is 136. The second-order valence-electron chi connectivity index (χ2n) is 2.77. The molecule has 0 radical (unpaired) electrons. The first-order chi connectivity index (χ1) is 13.8. The summed E-state index contributed by atoms with van der Waals surface area (Å²) in [6.45, 7) is 1.44. The zero-order chi connectivity index (χ0) is 28.3. The smallest absolute Gasteiger partial charge is 0.784 e. The zero-order valence-electron chi connectivity index (χ0n) is 20.8. The van der Waals surface area contributed by atoms with Crippen molar-refractivity contribution in [2.45, 2.75) is 6.92 Å². The molecule has 0 aromatic rings. The average molecular weight is 740 g/mol. The SMILES string of the molecule is CC(=O)[O-].NCCO.O=C([O-])O.O=S(O)(O)=S.O=S(O)S(=O)(=O)O.O=S([O-])[O-].O=S([O-])[O-].[Na+].[Na+].[Na+].[Na+].[Na+].[Na+]. The van der Waals surface area contributed by atoms with Crippen LogP contribution in [0.15, 0.2) is 0 Å². The van der Waals surface area contributed by atoms with Gasteiger partial charge >= 0.3 is 197 Å². The third kappa shape index (κ3) is 451. The predicted molar refractivity (Wildman–Crippen MR) is 97.3 cm³/mol. The molecule has 0 aromatic carbocycles. The van der Waals surface area contributed by atoms with Gasteiger partial charge in [0.25, 0.3) is 9.05 Å². The quantitative estimate of drug-likeness (QED) is 0.0598. The van der Waals surface area contributed by atoms with Crippen molar-refractivity contribution in [2.24, 2.45) is 5.73 Å². The average Bonchev–Trinajstić information content (AvgIpc) is 2.42. The van der Waals surface area contributed by atoms with Crippen molar-refractivity contribution in [3.63, 3.8) is 0 Å². The third-order valence-corrected chi connectivity index (χ3v) is 1.75. The molecule has 0 bridgehead atoms. The third-order valence-electron chi connectivity index (χ3n) is 0.309. The van der Waals surface area contributed by atoms with Crippen LogP contribution in [0.1, 0.15) is 6.92 Å². The maximum Gasteiger partial charge on any atom is 1.00 e. The molecule has 0 aliphatic heterocycles. The van der Waals surface area contributed by atoms with Crippen LogP contribution in [0, 0.1) is 0 Å². The summed E-state index contributed by atoms with van der Waals surface area (Å²) in [6.07, 6.45) is -2.08. The fourth-order valence-electron chi connectivity index (χ4n) is 0. The van der Waals surface area contributed by atoms with Crippen molar-refractivity contribution in [1.29, 1.82) is 0 Å². The molecule has 0 rings (SSSR count). The van der Waals surface area contributed by atoms with Gasteiger partial charge in [0, 0.05) is 23.7 Å². The van der Waals surface area contributed by atoms with Crippen LogP contribution in [-0.4, -0.2) is 97.2 Å². The van der Waals surface area contributed by atoms with Gasteiger partial charge in [-0.1, -0.05) is 0 Å². The van der Waals surface area contributed by atoms with E-state index in [9.17, 15) is 12.6 Å². The van der Waals surface area contributed by atoms with Gasteiger partial charge in [-0.2, -0.15) is 12.6 Å². The first-order valence-electron chi connectivity index (χ1n) is 5.49. The molecule has 33 heteroatoms. The number of nitrogens with two attached hydrogens (primary N) is 1. The van der Waals surface area contributed by atoms with E-state index >= 15 is 0 Å². The number of carbonyl (C=O) groups is 2. The Labute approximate surface area is 362 Å². The van der Waals surface area contributed by atoms with Gasteiger partial charge in [0.15, 0.2) is 0 Å². The molecule has 0 spiro atoms. The van der Waals surface area contributed by atoms with Gasteiger partial charge in [0.1, 0.15) is 0 Å². The van der Waals surface area contributed by atoms with Gasteiger partial charge in [-0.15, -0.1) is 22.7 Å².